The number of hydrogen-bond acceptors (Lipinski definition) is 2. The quantitative estimate of drug-likeness (QED) is 0.798. The summed E-state index contributed by atoms with van der Waals surface area (Å²) < 4.78 is 0. The maximum Gasteiger partial charge on any atom is 0.0266 e. The Bertz CT molecular complexity index is 275. The topological polar surface area (TPSA) is 26.0 Å². The molecule has 2 rings (SSSR count). The van der Waals surface area contributed by atoms with Gasteiger partial charge in [-0.1, -0.05) is 12.1 Å². The van der Waals surface area contributed by atoms with Gasteiger partial charge in [-0.3, -0.25) is 0 Å². The molecule has 70 valence electrons. The van der Waals surface area contributed by atoms with Crippen LogP contribution in [0.2, 0.25) is 0 Å². The van der Waals surface area contributed by atoms with Crippen LogP contribution < -0.4 is 5.73 Å². The molecule has 0 amide bonds. The SMILES string of the molecule is CC(N)c1ccc(SC2CC2)cc1. The molecule has 13 heavy (non-hydrogen) atoms. The van der Waals surface area contributed by atoms with Gasteiger partial charge in [0.2, 0.25) is 0 Å². The lowest BCUT2D eigenvalue weighted by Crippen LogP contribution is -2.04. The van der Waals surface area contributed by atoms with Crippen LogP contribution >= 0.6 is 11.8 Å². The first-order chi connectivity index (χ1) is 6.25. The van der Waals surface area contributed by atoms with E-state index >= 15 is 0 Å². The molecule has 1 aromatic rings. The highest BCUT2D eigenvalue weighted by Crippen LogP contribution is 2.39. The normalized spacial score (nSPS) is 18.6. The van der Waals surface area contributed by atoms with E-state index in [2.05, 4.69) is 24.3 Å². The number of rotatable bonds is 3. The van der Waals surface area contributed by atoms with Crippen molar-refractivity contribution in [3.05, 3.63) is 29.8 Å². The highest BCUT2D eigenvalue weighted by atomic mass is 32.2. The van der Waals surface area contributed by atoms with Gasteiger partial charge in [0.05, 0.1) is 0 Å². The second-order valence-corrected chi connectivity index (χ2v) is 5.05. The molecule has 0 heterocycles. The number of thioether (sulfide) groups is 1. The summed E-state index contributed by atoms with van der Waals surface area (Å²) in [6, 6.07) is 8.79. The van der Waals surface area contributed by atoms with Gasteiger partial charge in [-0.15, -0.1) is 11.8 Å². The van der Waals surface area contributed by atoms with Gasteiger partial charge in [0, 0.05) is 16.2 Å². The van der Waals surface area contributed by atoms with Crippen molar-refractivity contribution in [3.8, 4) is 0 Å². The molecule has 0 bridgehead atoms. The highest BCUT2D eigenvalue weighted by molar-refractivity contribution is 8.00. The molecule has 1 atom stereocenters. The minimum absolute atomic E-state index is 0.153. The molecule has 1 saturated carbocycles. The van der Waals surface area contributed by atoms with E-state index < -0.39 is 0 Å². The second-order valence-electron chi connectivity index (χ2n) is 3.67. The lowest BCUT2D eigenvalue weighted by molar-refractivity contribution is 0.817. The van der Waals surface area contributed by atoms with E-state index in [0.717, 1.165) is 5.25 Å². The Hall–Kier alpha value is -0.470. The maximum atomic E-state index is 5.77. The third-order valence-corrected chi connectivity index (χ3v) is 3.58. The van der Waals surface area contributed by atoms with Crippen molar-refractivity contribution in [3.63, 3.8) is 0 Å². The van der Waals surface area contributed by atoms with Crippen molar-refractivity contribution in [1.82, 2.24) is 0 Å². The summed E-state index contributed by atoms with van der Waals surface area (Å²) >= 11 is 1.99. The van der Waals surface area contributed by atoms with E-state index in [1.54, 1.807) is 0 Å². The van der Waals surface area contributed by atoms with E-state index in [1.807, 2.05) is 18.7 Å². The van der Waals surface area contributed by atoms with Crippen LogP contribution in [0.3, 0.4) is 0 Å². The van der Waals surface area contributed by atoms with E-state index in [1.165, 1.54) is 23.3 Å². The summed E-state index contributed by atoms with van der Waals surface area (Å²) in [7, 11) is 0. The van der Waals surface area contributed by atoms with Crippen LogP contribution in [0, 0.1) is 0 Å². The Labute approximate surface area is 83.7 Å². The van der Waals surface area contributed by atoms with Crippen LogP contribution in [0.25, 0.3) is 0 Å². The first kappa shape index (κ1) is 9.10. The van der Waals surface area contributed by atoms with Crippen molar-refractivity contribution in [2.24, 2.45) is 5.73 Å². The number of nitrogens with two attached hydrogens (primary N) is 1. The fraction of sp³-hybridized carbons (Fsp3) is 0.455. The zero-order chi connectivity index (χ0) is 9.26. The monoisotopic (exact) mass is 193 g/mol. The summed E-state index contributed by atoms with van der Waals surface area (Å²) in [6.07, 6.45) is 2.78. The molecule has 1 aromatic carbocycles. The smallest absolute Gasteiger partial charge is 0.0266 e. The molecule has 2 N–H and O–H groups in total. The predicted molar refractivity (Wildman–Crippen MR) is 57.9 cm³/mol. The minimum atomic E-state index is 0.153. The molecule has 2 heteroatoms. The van der Waals surface area contributed by atoms with Crippen LogP contribution in [0.4, 0.5) is 0 Å². The van der Waals surface area contributed by atoms with Crippen molar-refractivity contribution in [2.75, 3.05) is 0 Å². The lowest BCUT2D eigenvalue weighted by atomic mass is 10.1. The van der Waals surface area contributed by atoms with Crippen molar-refractivity contribution in [1.29, 1.82) is 0 Å². The first-order valence-corrected chi connectivity index (χ1v) is 5.66. The predicted octanol–water partition coefficient (Wildman–Crippen LogP) is 2.96. The Kier molecular flexibility index (Phi) is 2.61. The van der Waals surface area contributed by atoms with Gasteiger partial charge in [0.25, 0.3) is 0 Å². The van der Waals surface area contributed by atoms with E-state index in [9.17, 15) is 0 Å². The molecule has 1 unspecified atom stereocenters. The Morgan fingerprint density at radius 3 is 2.38 bits per heavy atom. The molecule has 1 aliphatic rings. The lowest BCUT2D eigenvalue weighted by Gasteiger charge is -2.06. The summed E-state index contributed by atoms with van der Waals surface area (Å²) in [5, 5.41) is 0.890. The molecule has 0 spiro atoms. The molecular weight excluding hydrogens is 178 g/mol. The van der Waals surface area contributed by atoms with Crippen LogP contribution in [-0.4, -0.2) is 5.25 Å². The average Bonchev–Trinajstić information content (AvgIpc) is 2.89. The minimum Gasteiger partial charge on any atom is -0.324 e. The third-order valence-electron chi connectivity index (χ3n) is 2.23. The zero-order valence-corrected chi connectivity index (χ0v) is 8.68. The summed E-state index contributed by atoms with van der Waals surface area (Å²) in [5.41, 5.74) is 6.99. The van der Waals surface area contributed by atoms with Gasteiger partial charge in [0.15, 0.2) is 0 Å². The Balaban J connectivity index is 2.04. The van der Waals surface area contributed by atoms with Gasteiger partial charge >= 0.3 is 0 Å². The Morgan fingerprint density at radius 2 is 1.92 bits per heavy atom. The molecule has 1 nitrogen and oxygen atoms in total. The number of hydrogen-bond donors (Lipinski definition) is 1. The Morgan fingerprint density at radius 1 is 1.31 bits per heavy atom. The molecule has 0 saturated heterocycles. The fourth-order valence-corrected chi connectivity index (χ4v) is 2.28. The van der Waals surface area contributed by atoms with Gasteiger partial charge in [-0.05, 0) is 37.5 Å². The summed E-state index contributed by atoms with van der Waals surface area (Å²) in [4.78, 5) is 1.38. The molecule has 0 aromatic heterocycles. The first-order valence-electron chi connectivity index (χ1n) is 4.78. The van der Waals surface area contributed by atoms with E-state index in [0.29, 0.717) is 0 Å². The molecule has 1 fully saturated rings. The van der Waals surface area contributed by atoms with Crippen LogP contribution in [0.15, 0.2) is 29.2 Å². The van der Waals surface area contributed by atoms with E-state index in [-0.39, 0.29) is 6.04 Å². The number of benzene rings is 1. The third kappa shape index (κ3) is 2.48. The largest absolute Gasteiger partial charge is 0.324 e. The van der Waals surface area contributed by atoms with Crippen molar-refractivity contribution < 1.29 is 0 Å². The van der Waals surface area contributed by atoms with Crippen LogP contribution in [0.5, 0.6) is 0 Å². The van der Waals surface area contributed by atoms with E-state index in [4.69, 9.17) is 5.73 Å². The van der Waals surface area contributed by atoms with Gasteiger partial charge in [-0.2, -0.15) is 0 Å². The standard InChI is InChI=1S/C11H15NS/c1-8(12)9-2-4-10(5-3-9)13-11-6-7-11/h2-5,8,11H,6-7,12H2,1H3. The van der Waals surface area contributed by atoms with Crippen LogP contribution in [0.1, 0.15) is 31.4 Å². The summed E-state index contributed by atoms with van der Waals surface area (Å²) in [5.74, 6) is 0. The highest BCUT2D eigenvalue weighted by Gasteiger charge is 2.22. The average molecular weight is 193 g/mol. The van der Waals surface area contributed by atoms with Crippen molar-refractivity contribution >= 4 is 11.8 Å². The van der Waals surface area contributed by atoms with Gasteiger partial charge < -0.3 is 5.73 Å². The fourth-order valence-electron chi connectivity index (χ4n) is 1.23. The molecular formula is C11H15NS. The van der Waals surface area contributed by atoms with Gasteiger partial charge in [-0.25, -0.2) is 0 Å². The second kappa shape index (κ2) is 3.72. The zero-order valence-electron chi connectivity index (χ0n) is 7.86. The summed E-state index contributed by atoms with van der Waals surface area (Å²) in [6.45, 7) is 2.02. The van der Waals surface area contributed by atoms with Gasteiger partial charge in [0.1, 0.15) is 0 Å². The van der Waals surface area contributed by atoms with Crippen molar-refractivity contribution in [2.45, 2.75) is 36.0 Å². The van der Waals surface area contributed by atoms with Crippen LogP contribution in [-0.2, 0) is 0 Å². The molecule has 1 aliphatic carbocycles. The molecule has 0 radical (unpaired) electrons. The molecule has 0 aliphatic heterocycles. The maximum absolute atomic E-state index is 5.77.